The predicted molar refractivity (Wildman–Crippen MR) is 142 cm³/mol. The third-order valence-corrected chi connectivity index (χ3v) is 8.36. The van der Waals surface area contributed by atoms with Crippen molar-refractivity contribution >= 4 is 39.0 Å². The molecule has 2 aliphatic heterocycles. The first kappa shape index (κ1) is 24.6. The van der Waals surface area contributed by atoms with E-state index in [1.807, 2.05) is 0 Å². The minimum Gasteiger partial charge on any atom is -0.352 e. The molecule has 4 heterocycles. The van der Waals surface area contributed by atoms with Crippen molar-refractivity contribution in [2.45, 2.75) is 46.6 Å². The van der Waals surface area contributed by atoms with Crippen molar-refractivity contribution in [2.75, 3.05) is 44.2 Å². The van der Waals surface area contributed by atoms with Gasteiger partial charge >= 0.3 is 0 Å². The maximum absolute atomic E-state index is 13.1. The summed E-state index contributed by atoms with van der Waals surface area (Å²) in [7, 11) is 0. The molecule has 1 fully saturated rings. The lowest BCUT2D eigenvalue weighted by Crippen LogP contribution is -2.49. The Kier molecular flexibility index (Phi) is 6.90. The summed E-state index contributed by atoms with van der Waals surface area (Å²) in [5, 5.41) is 12.5. The number of amides is 1. The van der Waals surface area contributed by atoms with E-state index in [0.29, 0.717) is 37.3 Å². The molecule has 0 bridgehead atoms. The van der Waals surface area contributed by atoms with Crippen molar-refractivity contribution in [3.8, 4) is 0 Å². The number of hydrogen-bond acceptors (Lipinski definition) is 8. The van der Waals surface area contributed by atoms with Gasteiger partial charge in [0.1, 0.15) is 16.5 Å². The highest BCUT2D eigenvalue weighted by atomic mass is 32.1. The number of aryl methyl sites for hydroxylation is 2. The number of carbonyl (C=O) groups excluding carboxylic acids is 1. The van der Waals surface area contributed by atoms with Gasteiger partial charge in [-0.1, -0.05) is 19.9 Å². The van der Waals surface area contributed by atoms with E-state index in [9.17, 15) is 14.9 Å². The molecule has 10 heteroatoms. The second-order valence-electron chi connectivity index (χ2n) is 9.55. The number of anilines is 1. The maximum atomic E-state index is 13.1. The van der Waals surface area contributed by atoms with Gasteiger partial charge in [0.25, 0.3) is 11.6 Å². The molecule has 2 aliphatic rings. The summed E-state index contributed by atoms with van der Waals surface area (Å²) < 4.78 is 0. The van der Waals surface area contributed by atoms with Crippen LogP contribution < -0.4 is 4.90 Å². The summed E-state index contributed by atoms with van der Waals surface area (Å²) in [6.07, 6.45) is 2.85. The molecular weight excluding hydrogens is 476 g/mol. The quantitative estimate of drug-likeness (QED) is 0.364. The maximum Gasteiger partial charge on any atom is 0.273 e. The molecule has 0 atom stereocenters. The first-order valence-electron chi connectivity index (χ1n) is 12.7. The van der Waals surface area contributed by atoms with Crippen LogP contribution >= 0.6 is 11.3 Å². The van der Waals surface area contributed by atoms with Gasteiger partial charge in [-0.15, -0.1) is 11.3 Å². The smallest absolute Gasteiger partial charge is 0.273 e. The van der Waals surface area contributed by atoms with Gasteiger partial charge in [0.05, 0.1) is 10.3 Å². The summed E-state index contributed by atoms with van der Waals surface area (Å²) in [6, 6.07) is 4.72. The van der Waals surface area contributed by atoms with Gasteiger partial charge in [-0.25, -0.2) is 9.97 Å². The number of thiophene rings is 1. The molecule has 5 rings (SSSR count). The Balaban J connectivity index is 1.40. The predicted octanol–water partition coefficient (Wildman–Crippen LogP) is 4.20. The number of fused-ring (bicyclic) bond motifs is 3. The summed E-state index contributed by atoms with van der Waals surface area (Å²) in [5.74, 6) is 1.73. The van der Waals surface area contributed by atoms with Gasteiger partial charge in [-0.05, 0) is 37.9 Å². The number of nitro benzene ring substituents is 1. The zero-order valence-electron chi connectivity index (χ0n) is 21.1. The number of likely N-dealkylation sites (N-methyl/N-ethyl adjacent to an activating group) is 1. The number of piperazine rings is 1. The summed E-state index contributed by atoms with van der Waals surface area (Å²) in [4.78, 5) is 43.0. The number of benzene rings is 1. The van der Waals surface area contributed by atoms with Crippen molar-refractivity contribution in [2.24, 2.45) is 0 Å². The molecule has 1 aromatic carbocycles. The lowest BCUT2D eigenvalue weighted by Gasteiger charge is -2.36. The summed E-state index contributed by atoms with van der Waals surface area (Å²) in [6.45, 7) is 11.5. The third-order valence-electron chi connectivity index (χ3n) is 7.25. The van der Waals surface area contributed by atoms with E-state index in [2.05, 4.69) is 23.6 Å². The second kappa shape index (κ2) is 10.1. The topological polar surface area (TPSA) is 95.7 Å². The average Bonchev–Trinajstić information content (AvgIpc) is 3.25. The molecule has 0 N–H and O–H groups in total. The standard InChI is InChI=1S/C26H32N6O3S/c1-4-6-22-27-24(23-19-9-10-29(5-2)16-21(19)36-25(23)28-22)30-11-13-31(14-12-30)26(33)18-8-7-17(3)20(15-18)32(34)35/h7-8,15H,4-6,9-14,16H2,1-3H3. The molecule has 0 aliphatic carbocycles. The highest BCUT2D eigenvalue weighted by Crippen LogP contribution is 2.39. The van der Waals surface area contributed by atoms with E-state index in [1.165, 1.54) is 21.9 Å². The second-order valence-corrected chi connectivity index (χ2v) is 10.6. The van der Waals surface area contributed by atoms with Crippen LogP contribution in [-0.2, 0) is 19.4 Å². The third kappa shape index (κ3) is 4.55. The lowest BCUT2D eigenvalue weighted by atomic mass is 10.0. The largest absolute Gasteiger partial charge is 0.352 e. The van der Waals surface area contributed by atoms with E-state index >= 15 is 0 Å². The molecule has 1 saturated heterocycles. The van der Waals surface area contributed by atoms with E-state index in [4.69, 9.17) is 9.97 Å². The average molecular weight is 509 g/mol. The van der Waals surface area contributed by atoms with Crippen molar-refractivity contribution in [3.63, 3.8) is 0 Å². The molecule has 3 aromatic rings. The highest BCUT2D eigenvalue weighted by molar-refractivity contribution is 7.19. The van der Waals surface area contributed by atoms with Crippen molar-refractivity contribution in [1.29, 1.82) is 0 Å². The zero-order chi connectivity index (χ0) is 25.4. The van der Waals surface area contributed by atoms with Gasteiger partial charge in [0.2, 0.25) is 0 Å². The van der Waals surface area contributed by atoms with Crippen molar-refractivity contribution in [3.05, 3.63) is 55.7 Å². The summed E-state index contributed by atoms with van der Waals surface area (Å²) in [5.41, 5.74) is 2.29. The molecular formula is C26H32N6O3S. The molecule has 9 nitrogen and oxygen atoms in total. The molecule has 190 valence electrons. The van der Waals surface area contributed by atoms with E-state index in [0.717, 1.165) is 55.4 Å². The van der Waals surface area contributed by atoms with Crippen LogP contribution in [0.4, 0.5) is 11.5 Å². The SMILES string of the molecule is CCCc1nc(N2CCN(C(=O)c3ccc(C)c([N+](=O)[O-])c3)CC2)c2c3c(sc2n1)CN(CC)CC3. The Labute approximate surface area is 214 Å². The Bertz CT molecular complexity index is 1310. The molecule has 0 unspecified atom stereocenters. The fourth-order valence-corrected chi connectivity index (χ4v) is 6.42. The first-order chi connectivity index (χ1) is 17.4. The molecule has 1 amide bonds. The minimum absolute atomic E-state index is 0.0183. The van der Waals surface area contributed by atoms with E-state index in [1.54, 1.807) is 35.3 Å². The number of hydrogen-bond donors (Lipinski definition) is 0. The van der Waals surface area contributed by atoms with Crippen LogP contribution in [0.3, 0.4) is 0 Å². The molecule has 0 radical (unpaired) electrons. The van der Waals surface area contributed by atoms with Gasteiger partial charge < -0.3 is 9.80 Å². The first-order valence-corrected chi connectivity index (χ1v) is 13.5. The van der Waals surface area contributed by atoms with Crippen LogP contribution in [0, 0.1) is 17.0 Å². The van der Waals surface area contributed by atoms with E-state index < -0.39 is 4.92 Å². The Morgan fingerprint density at radius 2 is 1.92 bits per heavy atom. The number of aromatic nitrogens is 2. The van der Waals surface area contributed by atoms with Crippen LogP contribution in [0.2, 0.25) is 0 Å². The fourth-order valence-electron chi connectivity index (χ4n) is 5.15. The van der Waals surface area contributed by atoms with Crippen LogP contribution in [0.25, 0.3) is 10.2 Å². The van der Waals surface area contributed by atoms with Crippen LogP contribution in [-0.4, -0.2) is 69.9 Å². The number of nitrogens with zero attached hydrogens (tertiary/aromatic N) is 6. The van der Waals surface area contributed by atoms with E-state index in [-0.39, 0.29) is 11.6 Å². The minimum atomic E-state index is -0.431. The van der Waals surface area contributed by atoms with Crippen molar-refractivity contribution < 1.29 is 9.72 Å². The van der Waals surface area contributed by atoms with Crippen LogP contribution in [0.5, 0.6) is 0 Å². The summed E-state index contributed by atoms with van der Waals surface area (Å²) >= 11 is 1.81. The van der Waals surface area contributed by atoms with Gasteiger partial charge in [-0.3, -0.25) is 19.8 Å². The van der Waals surface area contributed by atoms with Gasteiger partial charge in [-0.2, -0.15) is 0 Å². The van der Waals surface area contributed by atoms with Gasteiger partial charge in [0.15, 0.2) is 0 Å². The monoisotopic (exact) mass is 508 g/mol. The molecule has 36 heavy (non-hydrogen) atoms. The van der Waals surface area contributed by atoms with Crippen LogP contribution in [0.1, 0.15) is 52.5 Å². The van der Waals surface area contributed by atoms with Gasteiger partial charge in [0, 0.05) is 67.8 Å². The number of rotatable bonds is 6. The lowest BCUT2D eigenvalue weighted by molar-refractivity contribution is -0.385. The number of carbonyl (C=O) groups is 1. The highest BCUT2D eigenvalue weighted by Gasteiger charge is 2.29. The molecule has 2 aromatic heterocycles. The molecule has 0 saturated carbocycles. The van der Waals surface area contributed by atoms with Crippen LogP contribution in [0.15, 0.2) is 18.2 Å². The normalized spacial score (nSPS) is 16.4. The fraction of sp³-hybridized carbons (Fsp3) is 0.500. The Morgan fingerprint density at radius 3 is 2.61 bits per heavy atom. The number of nitro groups is 1. The molecule has 0 spiro atoms. The van der Waals surface area contributed by atoms with Crippen molar-refractivity contribution in [1.82, 2.24) is 19.8 Å². The Morgan fingerprint density at radius 1 is 1.14 bits per heavy atom. The zero-order valence-corrected chi connectivity index (χ0v) is 21.9. The Hall–Kier alpha value is -3.11.